The van der Waals surface area contributed by atoms with Crippen molar-refractivity contribution in [2.24, 2.45) is 5.92 Å². The van der Waals surface area contributed by atoms with Crippen LogP contribution in [0.1, 0.15) is 19.8 Å². The van der Waals surface area contributed by atoms with E-state index in [4.69, 9.17) is 0 Å². The van der Waals surface area contributed by atoms with E-state index in [1.54, 1.807) is 0 Å². The molecule has 0 N–H and O–H groups in total. The molecule has 2 rings (SSSR count). The van der Waals surface area contributed by atoms with Crippen LogP contribution in [0.15, 0.2) is 0 Å². The predicted molar refractivity (Wildman–Crippen MR) is 68.8 cm³/mol. The first-order chi connectivity index (χ1) is 7.65. The van der Waals surface area contributed by atoms with Gasteiger partial charge in [0.2, 0.25) is 0 Å². The monoisotopic (exact) mass is 225 g/mol. The number of hydrogen-bond acceptors (Lipinski definition) is 3. The van der Waals surface area contributed by atoms with E-state index in [9.17, 15) is 0 Å². The van der Waals surface area contributed by atoms with Gasteiger partial charge in [0.1, 0.15) is 0 Å². The Bertz CT molecular complexity index is 203. The van der Waals surface area contributed by atoms with Gasteiger partial charge in [0, 0.05) is 45.3 Å². The summed E-state index contributed by atoms with van der Waals surface area (Å²) in [5.74, 6) is 0.969. The summed E-state index contributed by atoms with van der Waals surface area (Å²) < 4.78 is 0. The average molecular weight is 225 g/mol. The van der Waals surface area contributed by atoms with Crippen molar-refractivity contribution in [3.05, 3.63) is 0 Å². The van der Waals surface area contributed by atoms with Crippen LogP contribution in [0, 0.1) is 5.92 Å². The first-order valence-electron chi connectivity index (χ1n) is 6.76. The van der Waals surface area contributed by atoms with Gasteiger partial charge in [-0.1, -0.05) is 6.92 Å². The van der Waals surface area contributed by atoms with E-state index in [1.807, 2.05) is 0 Å². The zero-order valence-electron chi connectivity index (χ0n) is 11.2. The zero-order valence-corrected chi connectivity index (χ0v) is 11.2. The Hall–Kier alpha value is -0.120. The van der Waals surface area contributed by atoms with Gasteiger partial charge in [-0.15, -0.1) is 0 Å². The maximum absolute atomic E-state index is 2.61. The van der Waals surface area contributed by atoms with Crippen molar-refractivity contribution in [3.8, 4) is 0 Å². The molecule has 1 saturated carbocycles. The summed E-state index contributed by atoms with van der Waals surface area (Å²) in [5, 5.41) is 0. The molecule has 0 radical (unpaired) electrons. The van der Waals surface area contributed by atoms with Gasteiger partial charge in [-0.3, -0.25) is 4.90 Å². The second kappa shape index (κ2) is 5.48. The molecule has 3 nitrogen and oxygen atoms in total. The van der Waals surface area contributed by atoms with Crippen LogP contribution in [0.5, 0.6) is 0 Å². The summed E-state index contributed by atoms with van der Waals surface area (Å²) in [5.41, 5.74) is 0. The molecule has 0 aromatic heterocycles. The largest absolute Gasteiger partial charge is 0.304 e. The molecule has 0 bridgehead atoms. The summed E-state index contributed by atoms with van der Waals surface area (Å²) in [6.07, 6.45) is 2.83. The van der Waals surface area contributed by atoms with Crippen molar-refractivity contribution < 1.29 is 0 Å². The van der Waals surface area contributed by atoms with Crippen molar-refractivity contribution in [1.29, 1.82) is 0 Å². The van der Waals surface area contributed by atoms with E-state index >= 15 is 0 Å². The van der Waals surface area contributed by atoms with Gasteiger partial charge >= 0.3 is 0 Å². The van der Waals surface area contributed by atoms with Crippen LogP contribution in [0.4, 0.5) is 0 Å². The second-order valence-electron chi connectivity index (χ2n) is 5.86. The molecule has 0 atom stereocenters. The fourth-order valence-corrected chi connectivity index (χ4v) is 2.77. The number of nitrogens with zero attached hydrogens (tertiary/aromatic N) is 3. The summed E-state index contributed by atoms with van der Waals surface area (Å²) >= 11 is 0. The van der Waals surface area contributed by atoms with E-state index in [-0.39, 0.29) is 0 Å². The number of piperazine rings is 1. The van der Waals surface area contributed by atoms with Gasteiger partial charge < -0.3 is 9.80 Å². The average Bonchev–Trinajstić information content (AvgIpc) is 2.24. The van der Waals surface area contributed by atoms with Crippen LogP contribution < -0.4 is 0 Å². The number of hydrogen-bond donors (Lipinski definition) is 0. The van der Waals surface area contributed by atoms with Crippen LogP contribution >= 0.6 is 0 Å². The highest BCUT2D eigenvalue weighted by atomic mass is 15.3. The topological polar surface area (TPSA) is 9.72 Å². The summed E-state index contributed by atoms with van der Waals surface area (Å²) in [6.45, 7) is 9.87. The van der Waals surface area contributed by atoms with Crippen molar-refractivity contribution >= 4 is 0 Å². The zero-order chi connectivity index (χ0) is 11.5. The maximum Gasteiger partial charge on any atom is 0.0110 e. The van der Waals surface area contributed by atoms with E-state index in [0.717, 1.165) is 12.0 Å². The molecule has 16 heavy (non-hydrogen) atoms. The second-order valence-corrected chi connectivity index (χ2v) is 5.86. The molecule has 0 amide bonds. The molecule has 1 aliphatic heterocycles. The number of rotatable bonds is 4. The highest BCUT2D eigenvalue weighted by Gasteiger charge is 2.28. The third-order valence-corrected chi connectivity index (χ3v) is 4.34. The lowest BCUT2D eigenvalue weighted by Crippen LogP contribution is -2.49. The van der Waals surface area contributed by atoms with Crippen LogP contribution in [-0.2, 0) is 0 Å². The van der Waals surface area contributed by atoms with E-state index in [2.05, 4.69) is 35.7 Å². The van der Waals surface area contributed by atoms with Crippen molar-refractivity contribution in [2.45, 2.75) is 25.8 Å². The van der Waals surface area contributed by atoms with Crippen molar-refractivity contribution in [2.75, 3.05) is 53.4 Å². The fraction of sp³-hybridized carbons (Fsp3) is 1.00. The SMILES string of the molecule is CC1CC(N(C)CCN2CCN(C)CC2)C1. The van der Waals surface area contributed by atoms with E-state index in [0.29, 0.717) is 0 Å². The van der Waals surface area contributed by atoms with Gasteiger partial charge in [-0.25, -0.2) is 0 Å². The van der Waals surface area contributed by atoms with Crippen LogP contribution in [0.3, 0.4) is 0 Å². The summed E-state index contributed by atoms with van der Waals surface area (Å²) in [6, 6.07) is 0.877. The van der Waals surface area contributed by atoms with Crippen molar-refractivity contribution in [1.82, 2.24) is 14.7 Å². The van der Waals surface area contributed by atoms with Gasteiger partial charge in [0.05, 0.1) is 0 Å². The fourth-order valence-electron chi connectivity index (χ4n) is 2.77. The molecule has 0 spiro atoms. The Kier molecular flexibility index (Phi) is 4.22. The molecular weight excluding hydrogens is 198 g/mol. The third kappa shape index (κ3) is 3.19. The molecule has 0 unspecified atom stereocenters. The van der Waals surface area contributed by atoms with Gasteiger partial charge in [0.15, 0.2) is 0 Å². The van der Waals surface area contributed by atoms with Crippen LogP contribution in [0.25, 0.3) is 0 Å². The lowest BCUT2D eigenvalue weighted by Gasteiger charge is -2.41. The molecule has 1 heterocycles. The third-order valence-electron chi connectivity index (χ3n) is 4.34. The summed E-state index contributed by atoms with van der Waals surface area (Å²) in [7, 11) is 4.52. The van der Waals surface area contributed by atoms with Crippen LogP contribution in [0.2, 0.25) is 0 Å². The van der Waals surface area contributed by atoms with Gasteiger partial charge in [-0.2, -0.15) is 0 Å². The highest BCUT2D eigenvalue weighted by molar-refractivity contribution is 4.83. The molecular formula is C13H27N3. The lowest BCUT2D eigenvalue weighted by atomic mass is 9.81. The van der Waals surface area contributed by atoms with Crippen molar-refractivity contribution in [3.63, 3.8) is 0 Å². The van der Waals surface area contributed by atoms with E-state index in [1.165, 1.54) is 52.1 Å². The summed E-state index contributed by atoms with van der Waals surface area (Å²) in [4.78, 5) is 7.60. The Morgan fingerprint density at radius 2 is 1.75 bits per heavy atom. The van der Waals surface area contributed by atoms with Gasteiger partial charge in [-0.05, 0) is 32.9 Å². The standard InChI is InChI=1S/C13H27N3/c1-12-10-13(11-12)15(3)6-9-16-7-4-14(2)5-8-16/h12-13H,4-11H2,1-3H3. The minimum atomic E-state index is 0.877. The molecule has 1 aliphatic carbocycles. The minimum Gasteiger partial charge on any atom is -0.304 e. The molecule has 94 valence electrons. The Labute approximate surface area is 100 Å². The predicted octanol–water partition coefficient (Wildman–Crippen LogP) is 0.964. The molecule has 3 heteroatoms. The molecule has 2 aliphatic rings. The normalized spacial score (nSPS) is 33.0. The molecule has 0 aromatic carbocycles. The smallest absolute Gasteiger partial charge is 0.0110 e. The van der Waals surface area contributed by atoms with E-state index < -0.39 is 0 Å². The number of likely N-dealkylation sites (N-methyl/N-ethyl adjacent to an activating group) is 2. The Morgan fingerprint density at radius 1 is 1.12 bits per heavy atom. The van der Waals surface area contributed by atoms with Gasteiger partial charge in [0.25, 0.3) is 0 Å². The van der Waals surface area contributed by atoms with Crippen LogP contribution in [-0.4, -0.2) is 74.1 Å². The first kappa shape index (κ1) is 12.3. The maximum atomic E-state index is 2.61. The highest BCUT2D eigenvalue weighted by Crippen LogP contribution is 2.29. The quantitative estimate of drug-likeness (QED) is 0.706. The molecule has 0 aromatic rings. The lowest BCUT2D eigenvalue weighted by molar-refractivity contribution is 0.0856. The molecule has 1 saturated heterocycles. The Morgan fingerprint density at radius 3 is 2.31 bits per heavy atom. The Balaban J connectivity index is 1.60. The first-order valence-corrected chi connectivity index (χ1v) is 6.76. The molecule has 2 fully saturated rings. The minimum absolute atomic E-state index is 0.877.